The second-order valence-electron chi connectivity index (χ2n) is 10.1. The molecule has 4 heteroatoms. The molecule has 2 unspecified atom stereocenters. The van der Waals surface area contributed by atoms with Crippen molar-refractivity contribution in [2.45, 2.75) is 124 Å². The smallest absolute Gasteiger partial charge is 0.105 e. The predicted octanol–water partition coefficient (Wildman–Crippen LogP) is 7.95. The highest BCUT2D eigenvalue weighted by molar-refractivity contribution is 4.68. The minimum absolute atomic E-state index is 0.216. The summed E-state index contributed by atoms with van der Waals surface area (Å²) in [4.78, 5) is 0. The van der Waals surface area contributed by atoms with Crippen molar-refractivity contribution < 1.29 is 18.7 Å². The van der Waals surface area contributed by atoms with Gasteiger partial charge in [-0.05, 0) is 39.7 Å². The Morgan fingerprint density at radius 3 is 1.65 bits per heavy atom. The van der Waals surface area contributed by atoms with E-state index in [4.69, 9.17) is 14.2 Å². The molecule has 204 valence electrons. The van der Waals surface area contributed by atoms with E-state index in [2.05, 4.69) is 33.4 Å². The third-order valence-electron chi connectivity index (χ3n) is 6.90. The lowest BCUT2D eigenvalue weighted by molar-refractivity contribution is -0.926. The first-order valence-electron chi connectivity index (χ1n) is 14.9. The van der Waals surface area contributed by atoms with E-state index < -0.39 is 0 Å². The maximum absolute atomic E-state index is 6.06. The van der Waals surface area contributed by atoms with E-state index in [-0.39, 0.29) is 6.10 Å². The lowest BCUT2D eigenvalue weighted by Gasteiger charge is -2.40. The van der Waals surface area contributed by atoms with Gasteiger partial charge in [-0.3, -0.25) is 0 Å². The summed E-state index contributed by atoms with van der Waals surface area (Å²) in [5.41, 5.74) is 0. The molecule has 0 aromatic rings. The molecule has 0 fully saturated rings. The van der Waals surface area contributed by atoms with Gasteiger partial charge in [-0.1, -0.05) is 90.6 Å². The molecular formula is C30H62NO3+. The fourth-order valence-electron chi connectivity index (χ4n) is 4.92. The van der Waals surface area contributed by atoms with E-state index in [9.17, 15) is 0 Å². The summed E-state index contributed by atoms with van der Waals surface area (Å²) < 4.78 is 18.3. The normalized spacial score (nSPS) is 14.2. The summed E-state index contributed by atoms with van der Waals surface area (Å²) in [6.45, 7) is 20.6. The van der Waals surface area contributed by atoms with Gasteiger partial charge in [0.25, 0.3) is 0 Å². The van der Waals surface area contributed by atoms with Crippen molar-refractivity contribution in [2.24, 2.45) is 0 Å². The Labute approximate surface area is 214 Å². The minimum Gasteiger partial charge on any atom is -0.379 e. The Balaban J connectivity index is 4.15. The third-order valence-corrected chi connectivity index (χ3v) is 6.90. The largest absolute Gasteiger partial charge is 0.379 e. The highest BCUT2D eigenvalue weighted by atomic mass is 16.5. The van der Waals surface area contributed by atoms with E-state index in [1.807, 2.05) is 6.92 Å². The Hall–Kier alpha value is -0.420. The number of rotatable bonds is 28. The molecule has 0 radical (unpaired) electrons. The average molecular weight is 485 g/mol. The second-order valence-corrected chi connectivity index (χ2v) is 10.1. The van der Waals surface area contributed by atoms with Crippen LogP contribution in [0.25, 0.3) is 0 Å². The van der Waals surface area contributed by atoms with E-state index in [1.54, 1.807) is 0 Å². The van der Waals surface area contributed by atoms with Crippen LogP contribution in [0.15, 0.2) is 12.7 Å². The molecule has 0 heterocycles. The highest BCUT2D eigenvalue weighted by Crippen LogP contribution is 2.16. The van der Waals surface area contributed by atoms with E-state index in [0.29, 0.717) is 13.2 Å². The first-order valence-corrected chi connectivity index (χ1v) is 14.9. The molecule has 4 nitrogen and oxygen atoms in total. The molecule has 0 N–H and O–H groups in total. The number of quaternary nitrogens is 1. The van der Waals surface area contributed by atoms with Crippen molar-refractivity contribution >= 4 is 0 Å². The molecule has 0 aromatic carbocycles. The average Bonchev–Trinajstić information content (AvgIpc) is 2.82. The SMILES string of the molecule is C=CC[N+](CCCCCCCCCCCCCCCC)(CCOCC)CC(C)OCCOCC. The van der Waals surface area contributed by atoms with Gasteiger partial charge >= 0.3 is 0 Å². The van der Waals surface area contributed by atoms with Gasteiger partial charge in [0.15, 0.2) is 0 Å². The van der Waals surface area contributed by atoms with Gasteiger partial charge in [-0.25, -0.2) is 0 Å². The maximum atomic E-state index is 6.06. The van der Waals surface area contributed by atoms with Crippen molar-refractivity contribution in [3.05, 3.63) is 12.7 Å². The van der Waals surface area contributed by atoms with Gasteiger partial charge in [0.2, 0.25) is 0 Å². The summed E-state index contributed by atoms with van der Waals surface area (Å²) in [7, 11) is 0. The molecule has 0 bridgehead atoms. The van der Waals surface area contributed by atoms with E-state index >= 15 is 0 Å². The van der Waals surface area contributed by atoms with Crippen LogP contribution in [0.1, 0.15) is 118 Å². The molecule has 2 atom stereocenters. The first kappa shape index (κ1) is 33.6. The van der Waals surface area contributed by atoms with Crippen LogP contribution in [0, 0.1) is 0 Å². The number of nitrogens with zero attached hydrogens (tertiary/aromatic N) is 1. The lowest BCUT2D eigenvalue weighted by atomic mass is 10.0. The van der Waals surface area contributed by atoms with Crippen molar-refractivity contribution in [1.29, 1.82) is 0 Å². The maximum Gasteiger partial charge on any atom is 0.105 e. The van der Waals surface area contributed by atoms with Crippen LogP contribution in [0.2, 0.25) is 0 Å². The van der Waals surface area contributed by atoms with Crippen molar-refractivity contribution in [3.8, 4) is 0 Å². The molecule has 0 aliphatic rings. The zero-order chi connectivity index (χ0) is 25.2. The zero-order valence-electron chi connectivity index (χ0n) is 23.8. The van der Waals surface area contributed by atoms with E-state index in [0.717, 1.165) is 43.9 Å². The van der Waals surface area contributed by atoms with E-state index in [1.165, 1.54) is 96.4 Å². The number of hydrogen-bond donors (Lipinski definition) is 0. The van der Waals surface area contributed by atoms with Gasteiger partial charge in [0.05, 0.1) is 32.9 Å². The fraction of sp³-hybridized carbons (Fsp3) is 0.933. The Morgan fingerprint density at radius 1 is 0.647 bits per heavy atom. The summed E-state index contributed by atoms with van der Waals surface area (Å²) in [5, 5.41) is 0. The minimum atomic E-state index is 0.216. The Bertz CT molecular complexity index is 418. The van der Waals surface area contributed by atoms with Crippen molar-refractivity contribution in [3.63, 3.8) is 0 Å². The topological polar surface area (TPSA) is 27.7 Å². The molecule has 0 spiro atoms. The van der Waals surface area contributed by atoms with Crippen LogP contribution in [0.3, 0.4) is 0 Å². The van der Waals surface area contributed by atoms with Crippen LogP contribution in [0.4, 0.5) is 0 Å². The summed E-state index contributed by atoms with van der Waals surface area (Å²) >= 11 is 0. The second kappa shape index (κ2) is 25.7. The summed E-state index contributed by atoms with van der Waals surface area (Å²) in [6.07, 6.45) is 22.0. The monoisotopic (exact) mass is 484 g/mol. The standard InChI is InChI=1S/C30H62NO3/c1-6-10-11-12-13-14-15-16-17-18-19-20-21-22-24-31(23-7-2,25-26-32-8-3)29-30(5)34-28-27-33-9-4/h7,30H,2,6,8-29H2,1,3-5H3/q+1. The lowest BCUT2D eigenvalue weighted by Crippen LogP contribution is -2.54. The first-order chi connectivity index (χ1) is 16.6. The zero-order valence-corrected chi connectivity index (χ0v) is 23.8. The third kappa shape index (κ3) is 20.9. The Morgan fingerprint density at radius 2 is 1.15 bits per heavy atom. The van der Waals surface area contributed by atoms with Crippen LogP contribution in [-0.2, 0) is 14.2 Å². The molecule has 0 saturated heterocycles. The summed E-state index contributed by atoms with van der Waals surface area (Å²) in [5.74, 6) is 0. The van der Waals surface area contributed by atoms with Crippen molar-refractivity contribution in [2.75, 3.05) is 59.2 Å². The molecular weight excluding hydrogens is 422 g/mol. The molecule has 0 amide bonds. The van der Waals surface area contributed by atoms with Crippen molar-refractivity contribution in [1.82, 2.24) is 0 Å². The molecule has 0 rings (SSSR count). The molecule has 0 aliphatic heterocycles. The molecule has 34 heavy (non-hydrogen) atoms. The van der Waals surface area contributed by atoms with Gasteiger partial charge in [0.1, 0.15) is 19.2 Å². The van der Waals surface area contributed by atoms with Crippen LogP contribution in [0.5, 0.6) is 0 Å². The van der Waals surface area contributed by atoms with Gasteiger partial charge in [0, 0.05) is 13.2 Å². The Kier molecular flexibility index (Phi) is 25.3. The van der Waals surface area contributed by atoms with Gasteiger partial charge < -0.3 is 18.7 Å². The van der Waals surface area contributed by atoms with Crippen LogP contribution >= 0.6 is 0 Å². The molecule has 0 aliphatic carbocycles. The number of hydrogen-bond acceptors (Lipinski definition) is 3. The molecule has 0 aromatic heterocycles. The van der Waals surface area contributed by atoms with Crippen LogP contribution in [-0.4, -0.2) is 69.8 Å². The number of ether oxygens (including phenoxy) is 3. The van der Waals surface area contributed by atoms with Gasteiger partial charge in [-0.2, -0.15) is 0 Å². The number of unbranched alkanes of at least 4 members (excludes halogenated alkanes) is 13. The highest BCUT2D eigenvalue weighted by Gasteiger charge is 2.28. The molecule has 0 saturated carbocycles. The summed E-state index contributed by atoms with van der Waals surface area (Å²) in [6, 6.07) is 0. The van der Waals surface area contributed by atoms with Gasteiger partial charge in [-0.15, -0.1) is 0 Å². The fourth-order valence-corrected chi connectivity index (χ4v) is 4.92. The predicted molar refractivity (Wildman–Crippen MR) is 149 cm³/mol. The quantitative estimate of drug-likeness (QED) is 0.0640. The van der Waals surface area contributed by atoms with Crippen LogP contribution < -0.4 is 0 Å².